The van der Waals surface area contributed by atoms with Gasteiger partial charge in [-0.05, 0) is 18.4 Å². The van der Waals surface area contributed by atoms with Crippen LogP contribution < -0.4 is 5.32 Å². The highest BCUT2D eigenvalue weighted by Gasteiger charge is 2.19. The fourth-order valence-corrected chi connectivity index (χ4v) is 2.19. The molecule has 15 heavy (non-hydrogen) atoms. The first kappa shape index (κ1) is 10.4. The van der Waals surface area contributed by atoms with Gasteiger partial charge in [0.2, 0.25) is 0 Å². The topological polar surface area (TPSA) is 29.1 Å². The zero-order valence-electron chi connectivity index (χ0n) is 9.12. The lowest BCUT2D eigenvalue weighted by Gasteiger charge is -2.14. The Kier molecular flexibility index (Phi) is 3.17. The van der Waals surface area contributed by atoms with Crippen molar-refractivity contribution in [2.24, 2.45) is 0 Å². The molecule has 1 aromatic carbocycles. The zero-order chi connectivity index (χ0) is 10.7. The van der Waals surface area contributed by atoms with Gasteiger partial charge >= 0.3 is 0 Å². The molecule has 2 nitrogen and oxygen atoms in total. The van der Waals surface area contributed by atoms with Crippen molar-refractivity contribution in [2.75, 3.05) is 6.54 Å². The Morgan fingerprint density at radius 3 is 3.00 bits per heavy atom. The molecule has 0 aromatic heterocycles. The molecule has 1 aromatic rings. The summed E-state index contributed by atoms with van der Waals surface area (Å²) in [7, 11) is 0. The molecule has 1 aliphatic rings. The number of benzene rings is 1. The Morgan fingerprint density at radius 2 is 2.20 bits per heavy atom. The number of carbonyl (C=O) groups excluding carboxylic acids is 1. The molecule has 0 radical (unpaired) electrons. The van der Waals surface area contributed by atoms with Gasteiger partial charge in [-0.1, -0.05) is 37.6 Å². The van der Waals surface area contributed by atoms with E-state index in [0.717, 1.165) is 24.8 Å². The fourth-order valence-electron chi connectivity index (χ4n) is 2.19. The highest BCUT2D eigenvalue weighted by molar-refractivity contribution is 5.99. The van der Waals surface area contributed by atoms with Gasteiger partial charge in [0.25, 0.3) is 0 Å². The van der Waals surface area contributed by atoms with E-state index in [2.05, 4.69) is 18.3 Å². The maximum Gasteiger partial charge on any atom is 0.176 e. The number of rotatable bonds is 2. The van der Waals surface area contributed by atoms with E-state index in [4.69, 9.17) is 0 Å². The van der Waals surface area contributed by atoms with Crippen LogP contribution in [0.3, 0.4) is 0 Å². The van der Waals surface area contributed by atoms with Gasteiger partial charge in [0.05, 0.1) is 6.54 Å². The molecule has 2 heteroatoms. The van der Waals surface area contributed by atoms with Gasteiger partial charge in [0.15, 0.2) is 5.78 Å². The van der Waals surface area contributed by atoms with Gasteiger partial charge in [0, 0.05) is 11.6 Å². The van der Waals surface area contributed by atoms with E-state index in [-0.39, 0.29) is 5.78 Å². The van der Waals surface area contributed by atoms with Crippen molar-refractivity contribution in [3.05, 3.63) is 35.4 Å². The molecule has 1 unspecified atom stereocenters. The van der Waals surface area contributed by atoms with Crippen molar-refractivity contribution in [1.29, 1.82) is 0 Å². The first-order chi connectivity index (χ1) is 7.31. The summed E-state index contributed by atoms with van der Waals surface area (Å²) in [5.41, 5.74) is 2.11. The van der Waals surface area contributed by atoms with Gasteiger partial charge in [-0.25, -0.2) is 0 Å². The molecule has 1 aliphatic heterocycles. The number of carbonyl (C=O) groups is 1. The SMILES string of the molecule is CCCC1Cc2ccccc2C(=O)CN1. The van der Waals surface area contributed by atoms with Gasteiger partial charge in [-0.3, -0.25) is 4.79 Å². The van der Waals surface area contributed by atoms with Crippen LogP contribution in [0.25, 0.3) is 0 Å². The summed E-state index contributed by atoms with van der Waals surface area (Å²) in [5.74, 6) is 0.226. The molecule has 0 fully saturated rings. The first-order valence-corrected chi connectivity index (χ1v) is 5.65. The predicted molar refractivity (Wildman–Crippen MR) is 61.2 cm³/mol. The molecule has 0 saturated heterocycles. The zero-order valence-corrected chi connectivity index (χ0v) is 9.12. The third-order valence-corrected chi connectivity index (χ3v) is 2.97. The number of Topliss-reactive ketones (excluding diaryl/α,β-unsaturated/α-hetero) is 1. The normalized spacial score (nSPS) is 20.9. The Hall–Kier alpha value is -1.15. The summed E-state index contributed by atoms with van der Waals surface area (Å²) in [6.07, 6.45) is 3.28. The summed E-state index contributed by atoms with van der Waals surface area (Å²) in [4.78, 5) is 11.8. The summed E-state index contributed by atoms with van der Waals surface area (Å²) in [5, 5.41) is 3.33. The van der Waals surface area contributed by atoms with Gasteiger partial charge in [-0.2, -0.15) is 0 Å². The number of hydrogen-bond donors (Lipinski definition) is 1. The number of nitrogens with one attached hydrogen (secondary N) is 1. The molecule has 2 rings (SSSR count). The molecular formula is C13H17NO. The predicted octanol–water partition coefficient (Wildman–Crippen LogP) is 2.18. The van der Waals surface area contributed by atoms with Crippen LogP contribution in [0.15, 0.2) is 24.3 Å². The van der Waals surface area contributed by atoms with Crippen molar-refractivity contribution in [3.63, 3.8) is 0 Å². The average Bonchev–Trinajstić information content (AvgIpc) is 2.40. The van der Waals surface area contributed by atoms with E-state index < -0.39 is 0 Å². The lowest BCUT2D eigenvalue weighted by atomic mass is 9.98. The molecule has 1 atom stereocenters. The molecular weight excluding hydrogens is 186 g/mol. The Labute approximate surface area is 90.7 Å². The monoisotopic (exact) mass is 203 g/mol. The van der Waals surface area contributed by atoms with E-state index in [1.807, 2.05) is 18.2 Å². The van der Waals surface area contributed by atoms with E-state index >= 15 is 0 Å². The summed E-state index contributed by atoms with van der Waals surface area (Å²) in [6, 6.07) is 8.43. The lowest BCUT2D eigenvalue weighted by Crippen LogP contribution is -2.32. The third-order valence-electron chi connectivity index (χ3n) is 2.97. The van der Waals surface area contributed by atoms with Gasteiger partial charge in [0.1, 0.15) is 0 Å². The van der Waals surface area contributed by atoms with Crippen LogP contribution in [0.4, 0.5) is 0 Å². The van der Waals surface area contributed by atoms with Crippen molar-refractivity contribution in [3.8, 4) is 0 Å². The molecule has 1 heterocycles. The van der Waals surface area contributed by atoms with Crippen molar-refractivity contribution in [1.82, 2.24) is 5.32 Å². The van der Waals surface area contributed by atoms with Crippen molar-refractivity contribution in [2.45, 2.75) is 32.2 Å². The summed E-state index contributed by atoms with van der Waals surface area (Å²) < 4.78 is 0. The Balaban J connectivity index is 2.25. The number of hydrogen-bond acceptors (Lipinski definition) is 2. The molecule has 0 aliphatic carbocycles. The van der Waals surface area contributed by atoms with Crippen LogP contribution in [0.5, 0.6) is 0 Å². The summed E-state index contributed by atoms with van der Waals surface area (Å²) in [6.45, 7) is 2.67. The van der Waals surface area contributed by atoms with Crippen LogP contribution in [-0.4, -0.2) is 18.4 Å². The summed E-state index contributed by atoms with van der Waals surface area (Å²) >= 11 is 0. The van der Waals surface area contributed by atoms with Gasteiger partial charge < -0.3 is 5.32 Å². The maximum absolute atomic E-state index is 11.8. The Morgan fingerprint density at radius 1 is 1.40 bits per heavy atom. The maximum atomic E-state index is 11.8. The van der Waals surface area contributed by atoms with Crippen LogP contribution in [0, 0.1) is 0 Å². The highest BCUT2D eigenvalue weighted by atomic mass is 16.1. The largest absolute Gasteiger partial charge is 0.307 e. The van der Waals surface area contributed by atoms with E-state index in [1.165, 1.54) is 5.56 Å². The minimum Gasteiger partial charge on any atom is -0.307 e. The minimum absolute atomic E-state index is 0.226. The first-order valence-electron chi connectivity index (χ1n) is 5.65. The second-order valence-corrected chi connectivity index (χ2v) is 4.15. The molecule has 80 valence electrons. The number of fused-ring (bicyclic) bond motifs is 1. The fraction of sp³-hybridized carbons (Fsp3) is 0.462. The van der Waals surface area contributed by atoms with E-state index in [1.54, 1.807) is 0 Å². The Bertz CT molecular complexity index is 359. The molecule has 0 amide bonds. The molecule has 1 N–H and O–H groups in total. The molecule has 0 saturated carbocycles. The quantitative estimate of drug-likeness (QED) is 0.798. The van der Waals surface area contributed by atoms with Crippen LogP contribution >= 0.6 is 0 Å². The van der Waals surface area contributed by atoms with Crippen LogP contribution in [0.1, 0.15) is 35.7 Å². The molecule has 0 spiro atoms. The van der Waals surface area contributed by atoms with E-state index in [0.29, 0.717) is 12.6 Å². The second-order valence-electron chi connectivity index (χ2n) is 4.15. The highest BCUT2D eigenvalue weighted by Crippen LogP contribution is 2.16. The number of ketones is 1. The third kappa shape index (κ3) is 2.26. The second kappa shape index (κ2) is 4.58. The molecule has 0 bridgehead atoms. The van der Waals surface area contributed by atoms with E-state index in [9.17, 15) is 4.79 Å². The van der Waals surface area contributed by atoms with Crippen LogP contribution in [0.2, 0.25) is 0 Å². The minimum atomic E-state index is 0.226. The smallest absolute Gasteiger partial charge is 0.176 e. The van der Waals surface area contributed by atoms with Crippen molar-refractivity contribution < 1.29 is 4.79 Å². The van der Waals surface area contributed by atoms with Crippen molar-refractivity contribution >= 4 is 5.78 Å². The van der Waals surface area contributed by atoms with Crippen LogP contribution in [-0.2, 0) is 6.42 Å². The van der Waals surface area contributed by atoms with Gasteiger partial charge in [-0.15, -0.1) is 0 Å². The lowest BCUT2D eigenvalue weighted by molar-refractivity contribution is 0.0990. The standard InChI is InChI=1S/C13H17NO/c1-2-5-11-8-10-6-3-4-7-12(10)13(15)9-14-11/h3-4,6-7,11,14H,2,5,8-9H2,1H3. The average molecular weight is 203 g/mol.